The van der Waals surface area contributed by atoms with Crippen molar-refractivity contribution in [3.05, 3.63) is 31.0 Å². The van der Waals surface area contributed by atoms with E-state index < -0.39 is 0 Å². The molecule has 0 spiro atoms. The standard InChI is InChI=1S/C5H5NO2S/c1-3-2-9-5(8)6-4(3)7/h2H,1H3,(H,6,7,8). The molecule has 1 aromatic rings. The summed E-state index contributed by atoms with van der Waals surface area (Å²) in [6.45, 7) is 1.66. The minimum absolute atomic E-state index is 0.293. The predicted octanol–water partition coefficient (Wildman–Crippen LogP) is 0.105. The van der Waals surface area contributed by atoms with Gasteiger partial charge in [-0.25, -0.2) is 0 Å². The lowest BCUT2D eigenvalue weighted by molar-refractivity contribution is 1.18. The first kappa shape index (κ1) is 6.22. The van der Waals surface area contributed by atoms with Crippen LogP contribution in [-0.2, 0) is 0 Å². The summed E-state index contributed by atoms with van der Waals surface area (Å²) < 4.78 is 0. The molecule has 0 atom stereocenters. The van der Waals surface area contributed by atoms with Gasteiger partial charge < -0.3 is 0 Å². The van der Waals surface area contributed by atoms with Crippen LogP contribution in [0, 0.1) is 6.92 Å². The summed E-state index contributed by atoms with van der Waals surface area (Å²) in [5.74, 6) is 0. The molecule has 0 unspecified atom stereocenters. The van der Waals surface area contributed by atoms with Gasteiger partial charge in [-0.15, -0.1) is 0 Å². The van der Waals surface area contributed by atoms with Gasteiger partial charge in [-0.05, 0) is 6.92 Å². The zero-order chi connectivity index (χ0) is 6.85. The number of hydrogen-bond acceptors (Lipinski definition) is 3. The molecule has 48 valence electrons. The molecule has 0 aliphatic carbocycles. The maximum Gasteiger partial charge on any atom is 0.307 e. The highest BCUT2D eigenvalue weighted by atomic mass is 32.1. The molecule has 0 radical (unpaired) electrons. The van der Waals surface area contributed by atoms with Gasteiger partial charge in [-0.3, -0.25) is 14.6 Å². The molecule has 1 heterocycles. The average molecular weight is 143 g/mol. The van der Waals surface area contributed by atoms with Gasteiger partial charge in [0.1, 0.15) is 0 Å². The lowest BCUT2D eigenvalue weighted by atomic mass is 10.4. The monoisotopic (exact) mass is 143 g/mol. The van der Waals surface area contributed by atoms with E-state index in [0.717, 1.165) is 11.3 Å². The van der Waals surface area contributed by atoms with Crippen LogP contribution in [0.5, 0.6) is 0 Å². The molecule has 9 heavy (non-hydrogen) atoms. The van der Waals surface area contributed by atoms with Crippen molar-refractivity contribution in [1.29, 1.82) is 0 Å². The van der Waals surface area contributed by atoms with Gasteiger partial charge in [0.05, 0.1) is 0 Å². The molecule has 1 aromatic heterocycles. The van der Waals surface area contributed by atoms with E-state index in [9.17, 15) is 9.59 Å². The van der Waals surface area contributed by atoms with Crippen LogP contribution < -0.4 is 10.4 Å². The predicted molar refractivity (Wildman–Crippen MR) is 35.9 cm³/mol. The zero-order valence-corrected chi connectivity index (χ0v) is 5.62. The quantitative estimate of drug-likeness (QED) is 0.560. The van der Waals surface area contributed by atoms with Crippen LogP contribution in [0.2, 0.25) is 0 Å². The number of hydrogen-bond donors (Lipinski definition) is 1. The van der Waals surface area contributed by atoms with E-state index in [-0.39, 0.29) is 10.4 Å². The van der Waals surface area contributed by atoms with Gasteiger partial charge in [0.25, 0.3) is 5.56 Å². The van der Waals surface area contributed by atoms with Crippen LogP contribution in [0.25, 0.3) is 0 Å². The van der Waals surface area contributed by atoms with Crippen LogP contribution in [0.1, 0.15) is 5.56 Å². The molecular weight excluding hydrogens is 138 g/mol. The van der Waals surface area contributed by atoms with Gasteiger partial charge in [0.2, 0.25) is 0 Å². The Morgan fingerprint density at radius 1 is 1.56 bits per heavy atom. The lowest BCUT2D eigenvalue weighted by Gasteiger charge is -1.82. The third-order valence-electron chi connectivity index (χ3n) is 0.916. The Balaban J connectivity index is 3.52. The minimum Gasteiger partial charge on any atom is -0.280 e. The summed E-state index contributed by atoms with van der Waals surface area (Å²) in [6, 6.07) is 0. The number of H-pyrrole nitrogens is 1. The van der Waals surface area contributed by atoms with Crippen LogP contribution in [0.3, 0.4) is 0 Å². The van der Waals surface area contributed by atoms with Crippen LogP contribution in [0.15, 0.2) is 15.0 Å². The Kier molecular flexibility index (Phi) is 1.48. The van der Waals surface area contributed by atoms with Crippen molar-refractivity contribution in [2.45, 2.75) is 6.92 Å². The van der Waals surface area contributed by atoms with Gasteiger partial charge in [0, 0.05) is 10.9 Å². The molecule has 0 aromatic carbocycles. The topological polar surface area (TPSA) is 49.9 Å². The largest absolute Gasteiger partial charge is 0.307 e. The second-order valence-electron chi connectivity index (χ2n) is 1.66. The smallest absolute Gasteiger partial charge is 0.280 e. The number of nitrogens with one attached hydrogen (secondary N) is 1. The third-order valence-corrected chi connectivity index (χ3v) is 1.70. The molecule has 0 amide bonds. The molecule has 0 aliphatic rings. The van der Waals surface area contributed by atoms with Crippen LogP contribution >= 0.6 is 11.3 Å². The molecule has 0 saturated heterocycles. The van der Waals surface area contributed by atoms with E-state index in [2.05, 4.69) is 4.98 Å². The lowest BCUT2D eigenvalue weighted by Crippen LogP contribution is -2.16. The SMILES string of the molecule is Cc1csc(=O)[nH]c1=O. The summed E-state index contributed by atoms with van der Waals surface area (Å²) >= 11 is 0.997. The Labute approximate surface area is 55.0 Å². The van der Waals surface area contributed by atoms with Crippen LogP contribution in [0.4, 0.5) is 0 Å². The highest BCUT2D eigenvalue weighted by Crippen LogP contribution is 1.85. The van der Waals surface area contributed by atoms with Gasteiger partial charge >= 0.3 is 4.87 Å². The van der Waals surface area contributed by atoms with Crippen LogP contribution in [-0.4, -0.2) is 4.98 Å². The summed E-state index contributed by atoms with van der Waals surface area (Å²) in [5.41, 5.74) is 0.290. The van der Waals surface area contributed by atoms with Gasteiger partial charge in [-0.2, -0.15) is 0 Å². The molecule has 0 fully saturated rings. The average Bonchev–Trinajstić information content (AvgIpc) is 1.80. The number of aromatic nitrogens is 1. The van der Waals surface area contributed by atoms with Crippen molar-refractivity contribution in [2.75, 3.05) is 0 Å². The van der Waals surface area contributed by atoms with Crippen molar-refractivity contribution < 1.29 is 0 Å². The van der Waals surface area contributed by atoms with E-state index in [1.807, 2.05) is 0 Å². The van der Waals surface area contributed by atoms with Crippen molar-refractivity contribution in [3.63, 3.8) is 0 Å². The maximum atomic E-state index is 10.6. The van der Waals surface area contributed by atoms with Crippen molar-refractivity contribution in [1.82, 2.24) is 4.98 Å². The minimum atomic E-state index is -0.300. The molecule has 1 N–H and O–H groups in total. The summed E-state index contributed by atoms with van der Waals surface area (Å²) in [4.78, 5) is 22.8. The highest BCUT2D eigenvalue weighted by Gasteiger charge is 1.89. The fourth-order valence-corrected chi connectivity index (χ4v) is 0.959. The van der Waals surface area contributed by atoms with Crippen molar-refractivity contribution in [3.8, 4) is 0 Å². The normalized spacial score (nSPS) is 9.44. The molecule has 1 rings (SSSR count). The molecule has 3 nitrogen and oxygen atoms in total. The molecule has 4 heteroatoms. The van der Waals surface area contributed by atoms with Gasteiger partial charge in [0.15, 0.2) is 0 Å². The number of aromatic amines is 1. The van der Waals surface area contributed by atoms with Crippen molar-refractivity contribution in [2.24, 2.45) is 0 Å². The third kappa shape index (κ3) is 1.26. The second-order valence-corrected chi connectivity index (χ2v) is 2.50. The maximum absolute atomic E-state index is 10.6. The van der Waals surface area contributed by atoms with E-state index in [4.69, 9.17) is 0 Å². The number of aryl methyl sites for hydroxylation is 1. The fraction of sp³-hybridized carbons (Fsp3) is 0.200. The Morgan fingerprint density at radius 2 is 2.22 bits per heavy atom. The van der Waals surface area contributed by atoms with E-state index in [0.29, 0.717) is 5.56 Å². The van der Waals surface area contributed by atoms with E-state index >= 15 is 0 Å². The number of rotatable bonds is 0. The molecule has 0 bridgehead atoms. The molecule has 0 saturated carbocycles. The summed E-state index contributed by atoms with van der Waals surface area (Å²) in [6.07, 6.45) is 0. The van der Waals surface area contributed by atoms with Gasteiger partial charge in [-0.1, -0.05) is 11.3 Å². The summed E-state index contributed by atoms with van der Waals surface area (Å²) in [7, 11) is 0. The Morgan fingerprint density at radius 3 is 2.67 bits per heavy atom. The highest BCUT2D eigenvalue weighted by molar-refractivity contribution is 7.06. The zero-order valence-electron chi connectivity index (χ0n) is 4.80. The van der Waals surface area contributed by atoms with Crippen molar-refractivity contribution >= 4 is 11.3 Å². The second kappa shape index (κ2) is 2.14. The first-order chi connectivity index (χ1) is 4.20. The van der Waals surface area contributed by atoms with E-state index in [1.54, 1.807) is 12.3 Å². The molecular formula is C5H5NO2S. The fourth-order valence-electron chi connectivity index (χ4n) is 0.416. The molecule has 0 aliphatic heterocycles. The Bertz CT molecular complexity index is 311. The first-order valence-corrected chi connectivity index (χ1v) is 3.27. The summed E-state index contributed by atoms with van der Waals surface area (Å²) in [5, 5.41) is 1.54. The first-order valence-electron chi connectivity index (χ1n) is 2.39. The Hall–Kier alpha value is -0.900. The van der Waals surface area contributed by atoms with E-state index in [1.165, 1.54) is 0 Å².